The third kappa shape index (κ3) is 4.89. The Kier molecular flexibility index (Phi) is 5.96. The standard InChI is InChI=1S/C20H26N4O2/c1-3-26-20(25)22-18-6-4-16(5-7-18)21-17-8-10-19(11-9-17)24-14-12-23(2)13-15-24/h4-11,21H,3,12-15H2,1-2H3,(H,22,25). The van der Waals surface area contributed by atoms with E-state index in [-0.39, 0.29) is 0 Å². The summed E-state index contributed by atoms with van der Waals surface area (Å²) < 4.78 is 4.87. The maximum atomic E-state index is 11.4. The van der Waals surface area contributed by atoms with Gasteiger partial charge in [-0.25, -0.2) is 4.79 Å². The second-order valence-corrected chi connectivity index (χ2v) is 6.39. The molecule has 0 saturated carbocycles. The van der Waals surface area contributed by atoms with Crippen LogP contribution in [-0.2, 0) is 4.74 Å². The quantitative estimate of drug-likeness (QED) is 0.856. The Labute approximate surface area is 154 Å². The van der Waals surface area contributed by atoms with E-state index in [0.29, 0.717) is 12.3 Å². The van der Waals surface area contributed by atoms with Gasteiger partial charge in [-0.05, 0) is 62.5 Å². The summed E-state index contributed by atoms with van der Waals surface area (Å²) in [5.74, 6) is 0. The number of amides is 1. The molecule has 0 atom stereocenters. The van der Waals surface area contributed by atoms with E-state index in [1.54, 1.807) is 6.92 Å². The summed E-state index contributed by atoms with van der Waals surface area (Å²) in [5, 5.41) is 6.06. The van der Waals surface area contributed by atoms with E-state index in [4.69, 9.17) is 4.74 Å². The first-order valence-corrected chi connectivity index (χ1v) is 8.98. The summed E-state index contributed by atoms with van der Waals surface area (Å²) in [6.07, 6.45) is -0.437. The SMILES string of the molecule is CCOC(=O)Nc1ccc(Nc2ccc(N3CCN(C)CC3)cc2)cc1. The molecule has 3 rings (SSSR count). The van der Waals surface area contributed by atoms with Crippen molar-refractivity contribution in [3.8, 4) is 0 Å². The van der Waals surface area contributed by atoms with Gasteiger partial charge in [0, 0.05) is 48.9 Å². The Bertz CT molecular complexity index is 708. The molecule has 0 aliphatic carbocycles. The monoisotopic (exact) mass is 354 g/mol. The largest absolute Gasteiger partial charge is 0.450 e. The lowest BCUT2D eigenvalue weighted by Crippen LogP contribution is -2.44. The molecule has 6 nitrogen and oxygen atoms in total. The molecule has 0 radical (unpaired) electrons. The van der Waals surface area contributed by atoms with Gasteiger partial charge in [0.05, 0.1) is 6.61 Å². The fourth-order valence-electron chi connectivity index (χ4n) is 2.91. The summed E-state index contributed by atoms with van der Waals surface area (Å²) in [6, 6.07) is 16.0. The summed E-state index contributed by atoms with van der Waals surface area (Å²) in [4.78, 5) is 16.2. The topological polar surface area (TPSA) is 56.8 Å². The molecule has 0 bridgehead atoms. The zero-order chi connectivity index (χ0) is 18.4. The van der Waals surface area contributed by atoms with Gasteiger partial charge in [-0.15, -0.1) is 0 Å². The fourth-order valence-corrected chi connectivity index (χ4v) is 2.91. The zero-order valence-corrected chi connectivity index (χ0v) is 15.4. The van der Waals surface area contributed by atoms with Gasteiger partial charge >= 0.3 is 6.09 Å². The van der Waals surface area contributed by atoms with Gasteiger partial charge < -0.3 is 19.9 Å². The van der Waals surface area contributed by atoms with E-state index in [2.05, 4.69) is 51.7 Å². The molecule has 1 aliphatic rings. The van der Waals surface area contributed by atoms with Crippen molar-refractivity contribution in [3.63, 3.8) is 0 Å². The van der Waals surface area contributed by atoms with Crippen molar-refractivity contribution in [3.05, 3.63) is 48.5 Å². The van der Waals surface area contributed by atoms with Crippen LogP contribution in [-0.4, -0.2) is 50.8 Å². The first kappa shape index (κ1) is 18.1. The highest BCUT2D eigenvalue weighted by atomic mass is 16.5. The highest BCUT2D eigenvalue weighted by Gasteiger charge is 2.13. The van der Waals surface area contributed by atoms with Crippen molar-refractivity contribution >= 4 is 28.8 Å². The number of hydrogen-bond acceptors (Lipinski definition) is 5. The lowest BCUT2D eigenvalue weighted by molar-refractivity contribution is 0.168. The number of carbonyl (C=O) groups is 1. The van der Waals surface area contributed by atoms with Gasteiger partial charge in [-0.3, -0.25) is 5.32 Å². The number of likely N-dealkylation sites (N-methyl/N-ethyl adjacent to an activating group) is 1. The third-order valence-electron chi connectivity index (χ3n) is 4.43. The van der Waals surface area contributed by atoms with Crippen LogP contribution in [0.2, 0.25) is 0 Å². The Hall–Kier alpha value is -2.73. The van der Waals surface area contributed by atoms with Crippen LogP contribution in [0.15, 0.2) is 48.5 Å². The molecule has 0 spiro atoms. The predicted molar refractivity (Wildman–Crippen MR) is 107 cm³/mol. The summed E-state index contributed by atoms with van der Waals surface area (Å²) in [5.41, 5.74) is 3.97. The molecule has 1 saturated heterocycles. The minimum absolute atomic E-state index is 0.357. The average molecular weight is 354 g/mol. The average Bonchev–Trinajstić information content (AvgIpc) is 2.65. The van der Waals surface area contributed by atoms with Crippen molar-refractivity contribution in [1.82, 2.24) is 4.90 Å². The first-order chi connectivity index (χ1) is 12.6. The van der Waals surface area contributed by atoms with E-state index in [1.807, 2.05) is 24.3 Å². The molecule has 0 aromatic heterocycles. The van der Waals surface area contributed by atoms with Gasteiger partial charge in [0.2, 0.25) is 0 Å². The third-order valence-corrected chi connectivity index (χ3v) is 4.43. The number of hydrogen-bond donors (Lipinski definition) is 2. The molecule has 1 aliphatic heterocycles. The van der Waals surface area contributed by atoms with Crippen molar-refractivity contribution in [2.24, 2.45) is 0 Å². The van der Waals surface area contributed by atoms with Crippen LogP contribution >= 0.6 is 0 Å². The lowest BCUT2D eigenvalue weighted by atomic mass is 10.2. The number of nitrogens with one attached hydrogen (secondary N) is 2. The number of rotatable bonds is 5. The minimum atomic E-state index is -0.437. The Balaban J connectivity index is 1.56. The van der Waals surface area contributed by atoms with E-state index in [1.165, 1.54) is 5.69 Å². The van der Waals surface area contributed by atoms with E-state index >= 15 is 0 Å². The van der Waals surface area contributed by atoms with E-state index in [0.717, 1.165) is 37.6 Å². The molecule has 0 unspecified atom stereocenters. The van der Waals surface area contributed by atoms with Crippen molar-refractivity contribution in [1.29, 1.82) is 0 Å². The molecule has 1 fully saturated rings. The summed E-state index contributed by atoms with van der Waals surface area (Å²) in [7, 11) is 2.16. The highest BCUT2D eigenvalue weighted by Crippen LogP contribution is 2.23. The van der Waals surface area contributed by atoms with E-state index < -0.39 is 6.09 Å². The number of nitrogens with zero attached hydrogens (tertiary/aromatic N) is 2. The van der Waals surface area contributed by atoms with Gasteiger partial charge in [-0.2, -0.15) is 0 Å². The second-order valence-electron chi connectivity index (χ2n) is 6.39. The summed E-state index contributed by atoms with van der Waals surface area (Å²) in [6.45, 7) is 6.48. The number of anilines is 4. The molecule has 1 amide bonds. The molecule has 26 heavy (non-hydrogen) atoms. The molecule has 2 N–H and O–H groups in total. The molecule has 6 heteroatoms. The van der Waals surface area contributed by atoms with Gasteiger partial charge in [0.15, 0.2) is 0 Å². The zero-order valence-electron chi connectivity index (χ0n) is 15.4. The predicted octanol–water partition coefficient (Wildman–Crippen LogP) is 3.75. The summed E-state index contributed by atoms with van der Waals surface area (Å²) >= 11 is 0. The minimum Gasteiger partial charge on any atom is -0.450 e. The smallest absolute Gasteiger partial charge is 0.411 e. The van der Waals surface area contributed by atoms with Crippen LogP contribution in [0, 0.1) is 0 Å². The normalized spacial score (nSPS) is 14.8. The number of carbonyl (C=O) groups excluding carboxylic acids is 1. The van der Waals surface area contributed by atoms with Crippen LogP contribution in [0.5, 0.6) is 0 Å². The van der Waals surface area contributed by atoms with Crippen LogP contribution in [0.4, 0.5) is 27.5 Å². The molecule has 1 heterocycles. The Morgan fingerprint density at radius 1 is 0.923 bits per heavy atom. The maximum absolute atomic E-state index is 11.4. The molecular weight excluding hydrogens is 328 g/mol. The molecule has 2 aromatic carbocycles. The Morgan fingerprint density at radius 2 is 1.46 bits per heavy atom. The Morgan fingerprint density at radius 3 is 2.04 bits per heavy atom. The number of benzene rings is 2. The van der Waals surface area contributed by atoms with Crippen molar-refractivity contribution in [2.45, 2.75) is 6.92 Å². The highest BCUT2D eigenvalue weighted by molar-refractivity contribution is 5.85. The van der Waals surface area contributed by atoms with Crippen LogP contribution in [0.1, 0.15) is 6.92 Å². The van der Waals surface area contributed by atoms with Gasteiger partial charge in [0.25, 0.3) is 0 Å². The van der Waals surface area contributed by atoms with Gasteiger partial charge in [0.1, 0.15) is 0 Å². The number of ether oxygens (including phenoxy) is 1. The van der Waals surface area contributed by atoms with Crippen LogP contribution < -0.4 is 15.5 Å². The van der Waals surface area contributed by atoms with Crippen LogP contribution in [0.25, 0.3) is 0 Å². The van der Waals surface area contributed by atoms with E-state index in [9.17, 15) is 4.79 Å². The molecule has 138 valence electrons. The maximum Gasteiger partial charge on any atom is 0.411 e. The molecular formula is C20H26N4O2. The van der Waals surface area contributed by atoms with Crippen LogP contribution in [0.3, 0.4) is 0 Å². The fraction of sp³-hybridized carbons (Fsp3) is 0.350. The second kappa shape index (κ2) is 8.58. The van der Waals surface area contributed by atoms with Crippen molar-refractivity contribution < 1.29 is 9.53 Å². The first-order valence-electron chi connectivity index (χ1n) is 8.98. The van der Waals surface area contributed by atoms with Crippen molar-refractivity contribution in [2.75, 3.05) is 55.4 Å². The lowest BCUT2D eigenvalue weighted by Gasteiger charge is -2.34. The number of piperazine rings is 1. The molecule has 2 aromatic rings. The van der Waals surface area contributed by atoms with Gasteiger partial charge in [-0.1, -0.05) is 0 Å².